The lowest BCUT2D eigenvalue weighted by molar-refractivity contribution is 0.0982. The van der Waals surface area contributed by atoms with E-state index in [1.54, 1.807) is 0 Å². The van der Waals surface area contributed by atoms with Crippen molar-refractivity contribution in [2.24, 2.45) is 16.7 Å². The summed E-state index contributed by atoms with van der Waals surface area (Å²) < 4.78 is 0. The van der Waals surface area contributed by atoms with Gasteiger partial charge >= 0.3 is 0 Å². The first-order valence-corrected chi connectivity index (χ1v) is 8.33. The molecule has 0 aromatic heterocycles. The monoisotopic (exact) mass is 264 g/mol. The van der Waals surface area contributed by atoms with Gasteiger partial charge < -0.3 is 5.32 Å². The summed E-state index contributed by atoms with van der Waals surface area (Å²) >= 11 is 0. The lowest BCUT2D eigenvalue weighted by atomic mass is 9.68. The second kappa shape index (κ2) is 4.46. The van der Waals surface area contributed by atoms with E-state index in [4.69, 9.17) is 0 Å². The molecule has 2 heteroatoms. The third kappa shape index (κ3) is 2.15. The summed E-state index contributed by atoms with van der Waals surface area (Å²) in [5.74, 6) is 0.956. The standard InChI is InChI=1S/C17H32N2/c1-12(2)19-9-7-14(11-19)18-15-16(3,4)13-6-8-17(15,5)10-13/h12-15,18H,6-11H2,1-5H3. The number of nitrogens with zero attached hydrogens (tertiary/aromatic N) is 1. The van der Waals surface area contributed by atoms with Crippen LogP contribution in [0.1, 0.15) is 60.3 Å². The van der Waals surface area contributed by atoms with Crippen molar-refractivity contribution in [2.45, 2.75) is 78.4 Å². The zero-order valence-corrected chi connectivity index (χ0v) is 13.5. The Balaban J connectivity index is 1.67. The topological polar surface area (TPSA) is 15.3 Å². The largest absolute Gasteiger partial charge is 0.309 e. The van der Waals surface area contributed by atoms with Crippen molar-refractivity contribution in [1.82, 2.24) is 10.2 Å². The second-order valence-electron chi connectivity index (χ2n) is 8.59. The van der Waals surface area contributed by atoms with Gasteiger partial charge in [0.15, 0.2) is 0 Å². The van der Waals surface area contributed by atoms with Crippen LogP contribution in [0.25, 0.3) is 0 Å². The molecule has 1 saturated heterocycles. The van der Waals surface area contributed by atoms with Gasteiger partial charge in [0, 0.05) is 24.7 Å². The van der Waals surface area contributed by atoms with Crippen LogP contribution in [0.5, 0.6) is 0 Å². The van der Waals surface area contributed by atoms with Crippen molar-refractivity contribution >= 4 is 0 Å². The highest BCUT2D eigenvalue weighted by molar-refractivity contribution is 5.12. The van der Waals surface area contributed by atoms with Gasteiger partial charge in [-0.3, -0.25) is 4.90 Å². The molecule has 2 aliphatic carbocycles. The lowest BCUT2D eigenvalue weighted by Gasteiger charge is -2.44. The Morgan fingerprint density at radius 1 is 1.16 bits per heavy atom. The second-order valence-corrected chi connectivity index (χ2v) is 8.59. The molecule has 3 rings (SSSR count). The lowest BCUT2D eigenvalue weighted by Crippen LogP contribution is -2.54. The maximum absolute atomic E-state index is 4.08. The average Bonchev–Trinajstić information content (AvgIpc) is 2.95. The van der Waals surface area contributed by atoms with E-state index in [-0.39, 0.29) is 0 Å². The van der Waals surface area contributed by atoms with E-state index in [0.717, 1.165) is 18.0 Å². The maximum atomic E-state index is 4.08. The minimum absolute atomic E-state index is 0.498. The molecule has 110 valence electrons. The van der Waals surface area contributed by atoms with Gasteiger partial charge in [0.25, 0.3) is 0 Å². The molecular formula is C17H32N2. The Bertz CT molecular complexity index is 344. The first-order valence-electron chi connectivity index (χ1n) is 8.33. The molecular weight excluding hydrogens is 232 g/mol. The first-order chi connectivity index (χ1) is 8.83. The molecule has 0 aromatic carbocycles. The van der Waals surface area contributed by atoms with Crippen LogP contribution in [-0.4, -0.2) is 36.1 Å². The molecule has 3 aliphatic rings. The van der Waals surface area contributed by atoms with E-state index < -0.39 is 0 Å². The van der Waals surface area contributed by atoms with Crippen molar-refractivity contribution in [3.8, 4) is 0 Å². The van der Waals surface area contributed by atoms with Crippen LogP contribution in [0, 0.1) is 16.7 Å². The Kier molecular flexibility index (Phi) is 3.26. The number of nitrogens with one attached hydrogen (secondary N) is 1. The minimum Gasteiger partial charge on any atom is -0.309 e. The summed E-state index contributed by atoms with van der Waals surface area (Å²) in [6.45, 7) is 14.7. The van der Waals surface area contributed by atoms with Gasteiger partial charge in [-0.2, -0.15) is 0 Å². The molecule has 2 nitrogen and oxygen atoms in total. The minimum atomic E-state index is 0.498. The molecule has 1 aliphatic heterocycles. The fourth-order valence-corrected chi connectivity index (χ4v) is 5.35. The van der Waals surface area contributed by atoms with Gasteiger partial charge in [0.2, 0.25) is 0 Å². The van der Waals surface area contributed by atoms with E-state index in [2.05, 4.69) is 44.8 Å². The van der Waals surface area contributed by atoms with Crippen LogP contribution in [0.2, 0.25) is 0 Å². The van der Waals surface area contributed by atoms with Crippen molar-refractivity contribution in [3.63, 3.8) is 0 Å². The number of hydrogen-bond acceptors (Lipinski definition) is 2. The van der Waals surface area contributed by atoms with Gasteiger partial charge in [-0.15, -0.1) is 0 Å². The summed E-state index contributed by atoms with van der Waals surface area (Å²) in [6.07, 6.45) is 5.70. The smallest absolute Gasteiger partial charge is 0.0210 e. The summed E-state index contributed by atoms with van der Waals surface area (Å²) in [7, 11) is 0. The fraction of sp³-hybridized carbons (Fsp3) is 1.00. The predicted molar refractivity (Wildman–Crippen MR) is 81.3 cm³/mol. The average molecular weight is 264 g/mol. The van der Waals surface area contributed by atoms with Gasteiger partial charge in [-0.05, 0) is 62.8 Å². The van der Waals surface area contributed by atoms with E-state index in [1.165, 1.54) is 38.8 Å². The van der Waals surface area contributed by atoms with Gasteiger partial charge in [-0.25, -0.2) is 0 Å². The Morgan fingerprint density at radius 2 is 1.89 bits per heavy atom. The number of rotatable bonds is 3. The van der Waals surface area contributed by atoms with Gasteiger partial charge in [0.1, 0.15) is 0 Å². The fourth-order valence-electron chi connectivity index (χ4n) is 5.35. The molecule has 2 bridgehead atoms. The third-order valence-electron chi connectivity index (χ3n) is 6.62. The molecule has 0 amide bonds. The number of hydrogen-bond donors (Lipinski definition) is 1. The summed E-state index contributed by atoms with van der Waals surface area (Å²) in [5.41, 5.74) is 1.07. The molecule has 1 heterocycles. The molecule has 4 unspecified atom stereocenters. The summed E-state index contributed by atoms with van der Waals surface area (Å²) in [5, 5.41) is 4.08. The zero-order chi connectivity index (χ0) is 13.8. The van der Waals surface area contributed by atoms with E-state index >= 15 is 0 Å². The van der Waals surface area contributed by atoms with Crippen LogP contribution < -0.4 is 5.32 Å². The van der Waals surface area contributed by atoms with Crippen molar-refractivity contribution in [1.29, 1.82) is 0 Å². The summed E-state index contributed by atoms with van der Waals surface area (Å²) in [6, 6.07) is 2.16. The number of fused-ring (bicyclic) bond motifs is 2. The Labute approximate surface area is 119 Å². The van der Waals surface area contributed by atoms with Gasteiger partial charge in [-0.1, -0.05) is 20.8 Å². The van der Waals surface area contributed by atoms with Crippen LogP contribution in [-0.2, 0) is 0 Å². The highest BCUT2D eigenvalue weighted by Crippen LogP contribution is 2.62. The summed E-state index contributed by atoms with van der Waals surface area (Å²) in [4.78, 5) is 2.63. The van der Waals surface area contributed by atoms with Crippen molar-refractivity contribution < 1.29 is 0 Å². The van der Waals surface area contributed by atoms with Crippen LogP contribution >= 0.6 is 0 Å². The Hall–Kier alpha value is -0.0800. The third-order valence-corrected chi connectivity index (χ3v) is 6.62. The van der Waals surface area contributed by atoms with Crippen LogP contribution in [0.3, 0.4) is 0 Å². The highest BCUT2D eigenvalue weighted by Gasteiger charge is 2.59. The van der Waals surface area contributed by atoms with E-state index in [0.29, 0.717) is 16.9 Å². The molecule has 3 fully saturated rings. The van der Waals surface area contributed by atoms with Gasteiger partial charge in [0.05, 0.1) is 0 Å². The Morgan fingerprint density at radius 3 is 2.42 bits per heavy atom. The first kappa shape index (κ1) is 13.9. The molecule has 4 atom stereocenters. The predicted octanol–water partition coefficient (Wildman–Crippen LogP) is 3.27. The number of likely N-dealkylation sites (tertiary alicyclic amines) is 1. The molecule has 2 saturated carbocycles. The highest BCUT2D eigenvalue weighted by atomic mass is 15.2. The normalized spacial score (nSPS) is 45.5. The molecule has 0 aromatic rings. The molecule has 19 heavy (non-hydrogen) atoms. The molecule has 0 spiro atoms. The maximum Gasteiger partial charge on any atom is 0.0210 e. The van der Waals surface area contributed by atoms with Crippen molar-refractivity contribution in [3.05, 3.63) is 0 Å². The molecule has 1 N–H and O–H groups in total. The zero-order valence-electron chi connectivity index (χ0n) is 13.5. The van der Waals surface area contributed by atoms with Crippen LogP contribution in [0.4, 0.5) is 0 Å². The van der Waals surface area contributed by atoms with Crippen molar-refractivity contribution in [2.75, 3.05) is 13.1 Å². The van der Waals surface area contributed by atoms with E-state index in [9.17, 15) is 0 Å². The quantitative estimate of drug-likeness (QED) is 0.841. The SMILES string of the molecule is CC(C)N1CCC(NC2C3(C)CCC(C3)C2(C)C)C1. The van der Waals surface area contributed by atoms with Crippen LogP contribution in [0.15, 0.2) is 0 Å². The molecule has 0 radical (unpaired) electrons. The van der Waals surface area contributed by atoms with E-state index in [1.807, 2.05) is 0 Å².